The van der Waals surface area contributed by atoms with Gasteiger partial charge in [0.05, 0.1) is 24.8 Å². The minimum absolute atomic E-state index is 0.0319. The number of nitrogens with zero attached hydrogens (tertiary/aromatic N) is 1. The zero-order chi connectivity index (χ0) is 22.5. The highest BCUT2D eigenvalue weighted by atomic mass is 35.5. The molecule has 6 nitrogen and oxygen atoms in total. The van der Waals surface area contributed by atoms with E-state index in [1.54, 1.807) is 30.3 Å². The summed E-state index contributed by atoms with van der Waals surface area (Å²) in [6, 6.07) is 12.9. The second kappa shape index (κ2) is 9.98. The predicted octanol–water partition coefficient (Wildman–Crippen LogP) is 4.44. The van der Waals surface area contributed by atoms with Crippen molar-refractivity contribution < 1.29 is 24.2 Å². The molecule has 7 heteroatoms. The molecule has 1 atom stereocenters. The zero-order valence-corrected chi connectivity index (χ0v) is 18.6. The lowest BCUT2D eigenvalue weighted by molar-refractivity contribution is -0.140. The predicted molar refractivity (Wildman–Crippen MR) is 119 cm³/mol. The van der Waals surface area contributed by atoms with Crippen molar-refractivity contribution in [2.75, 3.05) is 26.9 Å². The fourth-order valence-corrected chi connectivity index (χ4v) is 3.57. The third-order valence-electron chi connectivity index (χ3n) is 4.95. The monoisotopic (exact) mass is 443 g/mol. The normalized spacial score (nSPS) is 18.1. The molecule has 1 heterocycles. The molecule has 164 valence electrons. The maximum absolute atomic E-state index is 12.9. The second-order valence-electron chi connectivity index (χ2n) is 7.77. The van der Waals surface area contributed by atoms with Crippen molar-refractivity contribution in [1.29, 1.82) is 0 Å². The molecule has 1 aliphatic heterocycles. The number of rotatable bonds is 8. The van der Waals surface area contributed by atoms with Gasteiger partial charge in [-0.15, -0.1) is 0 Å². The van der Waals surface area contributed by atoms with Crippen LogP contribution >= 0.6 is 11.6 Å². The number of likely N-dealkylation sites (tertiary alicyclic amines) is 1. The van der Waals surface area contributed by atoms with E-state index in [1.807, 2.05) is 18.2 Å². The summed E-state index contributed by atoms with van der Waals surface area (Å²) >= 11 is 5.95. The van der Waals surface area contributed by atoms with Crippen LogP contribution in [0.3, 0.4) is 0 Å². The molecule has 3 rings (SSSR count). The van der Waals surface area contributed by atoms with Crippen LogP contribution < -0.4 is 4.74 Å². The van der Waals surface area contributed by atoms with Crippen LogP contribution in [0.4, 0.5) is 0 Å². The molecule has 0 aromatic heterocycles. The zero-order valence-electron chi connectivity index (χ0n) is 17.8. The first-order chi connectivity index (χ1) is 14.8. The quantitative estimate of drug-likeness (QED) is 0.370. The molecule has 1 unspecified atom stereocenters. The molecule has 0 aliphatic carbocycles. The Morgan fingerprint density at radius 1 is 1.16 bits per heavy atom. The molecule has 1 aliphatic rings. The molecule has 2 aromatic carbocycles. The Bertz CT molecular complexity index is 984. The van der Waals surface area contributed by atoms with Crippen LogP contribution in [0, 0.1) is 5.92 Å². The summed E-state index contributed by atoms with van der Waals surface area (Å²) in [6.07, 6.45) is 0. The van der Waals surface area contributed by atoms with Gasteiger partial charge >= 0.3 is 0 Å². The Kier molecular flexibility index (Phi) is 7.36. The summed E-state index contributed by atoms with van der Waals surface area (Å²) in [5.74, 6) is -0.669. The Hall–Kier alpha value is -2.83. The van der Waals surface area contributed by atoms with Crippen molar-refractivity contribution in [3.05, 3.63) is 70.3 Å². The number of amides is 1. The molecule has 0 saturated carbocycles. The third-order valence-corrected chi connectivity index (χ3v) is 5.20. The largest absolute Gasteiger partial charge is 0.507 e. The van der Waals surface area contributed by atoms with Gasteiger partial charge in [-0.1, -0.05) is 37.6 Å². The van der Waals surface area contributed by atoms with Crippen molar-refractivity contribution >= 4 is 29.1 Å². The fraction of sp³-hybridized carbons (Fsp3) is 0.333. The number of carbonyl (C=O) groups excluding carboxylic acids is 2. The lowest BCUT2D eigenvalue weighted by atomic mass is 9.95. The van der Waals surface area contributed by atoms with Gasteiger partial charge in [-0.2, -0.15) is 0 Å². The highest BCUT2D eigenvalue weighted by molar-refractivity contribution is 6.46. The number of hydrogen-bond donors (Lipinski definition) is 1. The lowest BCUT2D eigenvalue weighted by Crippen LogP contribution is -2.32. The smallest absolute Gasteiger partial charge is 0.295 e. The number of hydrogen-bond acceptors (Lipinski definition) is 5. The van der Waals surface area contributed by atoms with Crippen molar-refractivity contribution in [2.24, 2.45) is 5.92 Å². The van der Waals surface area contributed by atoms with Gasteiger partial charge in [0.2, 0.25) is 0 Å². The standard InChI is InChI=1S/C24H26ClNO5/c1-15(2)14-31-19-6-4-5-17(13-19)21-20(22(27)16-7-9-18(25)10-8-16)23(28)24(29)26(21)11-12-30-3/h4-10,13,15,21,27H,11-12,14H2,1-3H3/b22-20-. The maximum Gasteiger partial charge on any atom is 0.295 e. The molecule has 0 radical (unpaired) electrons. The van der Waals surface area contributed by atoms with E-state index in [4.69, 9.17) is 21.1 Å². The van der Waals surface area contributed by atoms with E-state index in [9.17, 15) is 14.7 Å². The number of carbonyl (C=O) groups is 2. The van der Waals surface area contributed by atoms with Crippen molar-refractivity contribution in [2.45, 2.75) is 19.9 Å². The highest BCUT2D eigenvalue weighted by Gasteiger charge is 2.46. The molecule has 0 bridgehead atoms. The molecule has 0 spiro atoms. The van der Waals surface area contributed by atoms with Crippen LogP contribution in [-0.4, -0.2) is 48.6 Å². The first-order valence-corrected chi connectivity index (χ1v) is 10.5. The number of ether oxygens (including phenoxy) is 2. The summed E-state index contributed by atoms with van der Waals surface area (Å²) < 4.78 is 11.0. The van der Waals surface area contributed by atoms with Gasteiger partial charge in [0, 0.05) is 24.2 Å². The van der Waals surface area contributed by atoms with Crippen LogP contribution in [-0.2, 0) is 14.3 Å². The number of benzene rings is 2. The van der Waals surface area contributed by atoms with Gasteiger partial charge in [-0.05, 0) is 47.9 Å². The van der Waals surface area contributed by atoms with E-state index in [0.29, 0.717) is 34.4 Å². The second-order valence-corrected chi connectivity index (χ2v) is 8.21. The molecular weight excluding hydrogens is 418 g/mol. The number of Topliss-reactive ketones (excluding diaryl/α,β-unsaturated/α-hetero) is 1. The lowest BCUT2D eigenvalue weighted by Gasteiger charge is -2.25. The third kappa shape index (κ3) is 5.09. The average Bonchev–Trinajstić information content (AvgIpc) is 3.01. The van der Waals surface area contributed by atoms with E-state index < -0.39 is 17.7 Å². The molecule has 1 fully saturated rings. The summed E-state index contributed by atoms with van der Waals surface area (Å²) in [7, 11) is 1.53. The van der Waals surface area contributed by atoms with Gasteiger partial charge in [-0.3, -0.25) is 9.59 Å². The molecule has 1 amide bonds. The highest BCUT2D eigenvalue weighted by Crippen LogP contribution is 2.40. The first-order valence-electron chi connectivity index (χ1n) is 10.1. The Morgan fingerprint density at radius 3 is 2.52 bits per heavy atom. The maximum atomic E-state index is 12.9. The summed E-state index contributed by atoms with van der Waals surface area (Å²) in [5.41, 5.74) is 1.11. The Morgan fingerprint density at radius 2 is 1.87 bits per heavy atom. The van der Waals surface area contributed by atoms with Crippen LogP contribution in [0.2, 0.25) is 5.02 Å². The summed E-state index contributed by atoms with van der Waals surface area (Å²) in [4.78, 5) is 27.2. The Labute approximate surface area is 187 Å². The molecule has 2 aromatic rings. The molecule has 1 saturated heterocycles. The number of aliphatic hydroxyl groups excluding tert-OH is 1. The SMILES string of the molecule is COCCN1C(=O)C(=O)/C(=C(\O)c2ccc(Cl)cc2)C1c1cccc(OCC(C)C)c1. The average molecular weight is 444 g/mol. The van der Waals surface area contributed by atoms with Crippen molar-refractivity contribution in [3.63, 3.8) is 0 Å². The molecule has 31 heavy (non-hydrogen) atoms. The Balaban J connectivity index is 2.09. The van der Waals surface area contributed by atoms with Gasteiger partial charge in [0.1, 0.15) is 11.5 Å². The minimum atomic E-state index is -0.756. The van der Waals surface area contributed by atoms with E-state index >= 15 is 0 Å². The number of ketones is 1. The van der Waals surface area contributed by atoms with Crippen molar-refractivity contribution in [1.82, 2.24) is 4.90 Å². The minimum Gasteiger partial charge on any atom is -0.507 e. The van der Waals surface area contributed by atoms with Crippen LogP contribution in [0.5, 0.6) is 5.75 Å². The fourth-order valence-electron chi connectivity index (χ4n) is 3.45. The van der Waals surface area contributed by atoms with Crippen molar-refractivity contribution in [3.8, 4) is 5.75 Å². The van der Waals surface area contributed by atoms with Gasteiger partial charge in [0.15, 0.2) is 0 Å². The topological polar surface area (TPSA) is 76.1 Å². The number of aliphatic hydroxyl groups is 1. The van der Waals surface area contributed by atoms with Gasteiger partial charge < -0.3 is 19.5 Å². The molecule has 1 N–H and O–H groups in total. The van der Waals surface area contributed by atoms with Gasteiger partial charge in [0.25, 0.3) is 11.7 Å². The van der Waals surface area contributed by atoms with Crippen LogP contribution in [0.1, 0.15) is 31.0 Å². The van der Waals surface area contributed by atoms with E-state index in [-0.39, 0.29) is 24.5 Å². The van der Waals surface area contributed by atoms with E-state index in [1.165, 1.54) is 12.0 Å². The summed E-state index contributed by atoms with van der Waals surface area (Å²) in [5, 5.41) is 11.5. The van der Waals surface area contributed by atoms with Crippen LogP contribution in [0.15, 0.2) is 54.1 Å². The number of halogens is 1. The summed E-state index contributed by atoms with van der Waals surface area (Å²) in [6.45, 7) is 5.11. The number of methoxy groups -OCH3 is 1. The molecular formula is C24H26ClNO5. The van der Waals surface area contributed by atoms with Crippen LogP contribution in [0.25, 0.3) is 5.76 Å². The van der Waals surface area contributed by atoms with Gasteiger partial charge in [-0.25, -0.2) is 0 Å². The van der Waals surface area contributed by atoms with E-state index in [0.717, 1.165) is 0 Å². The van der Waals surface area contributed by atoms with E-state index in [2.05, 4.69) is 13.8 Å². The first kappa shape index (κ1) is 22.8.